The highest BCUT2D eigenvalue weighted by atomic mass is 16.5. The molecule has 0 aromatic carbocycles. The molecule has 0 aliphatic carbocycles. The van der Waals surface area contributed by atoms with Gasteiger partial charge >= 0.3 is 5.97 Å². The predicted octanol–water partition coefficient (Wildman–Crippen LogP) is 0.326. The summed E-state index contributed by atoms with van der Waals surface area (Å²) in [6.45, 7) is 0. The van der Waals surface area contributed by atoms with Gasteiger partial charge in [-0.05, 0) is 0 Å². The van der Waals surface area contributed by atoms with Gasteiger partial charge in [0.1, 0.15) is 6.10 Å². The Morgan fingerprint density at radius 1 is 1.62 bits per heavy atom. The SMILES string of the molecule is COC(=O)CC(O)c1cnc2cnccn12. The van der Waals surface area contributed by atoms with E-state index in [9.17, 15) is 9.90 Å². The van der Waals surface area contributed by atoms with Crippen LogP contribution >= 0.6 is 0 Å². The lowest BCUT2D eigenvalue weighted by atomic mass is 10.2. The number of fused-ring (bicyclic) bond motifs is 1. The summed E-state index contributed by atoms with van der Waals surface area (Å²) in [5.41, 5.74) is 1.17. The van der Waals surface area contributed by atoms with Crippen molar-refractivity contribution in [1.29, 1.82) is 0 Å². The Kier molecular flexibility index (Phi) is 2.82. The number of hydrogen-bond donors (Lipinski definition) is 1. The monoisotopic (exact) mass is 221 g/mol. The lowest BCUT2D eigenvalue weighted by molar-refractivity contribution is -0.142. The molecule has 1 unspecified atom stereocenters. The van der Waals surface area contributed by atoms with Crippen LogP contribution in [0.25, 0.3) is 5.65 Å². The van der Waals surface area contributed by atoms with Crippen molar-refractivity contribution in [3.63, 3.8) is 0 Å². The first-order valence-corrected chi connectivity index (χ1v) is 4.74. The number of esters is 1. The van der Waals surface area contributed by atoms with E-state index < -0.39 is 12.1 Å². The second-order valence-electron chi connectivity index (χ2n) is 3.28. The normalized spacial score (nSPS) is 12.6. The first-order valence-electron chi connectivity index (χ1n) is 4.74. The summed E-state index contributed by atoms with van der Waals surface area (Å²) in [6, 6.07) is 0. The number of carbonyl (C=O) groups excluding carboxylic acids is 1. The zero-order chi connectivity index (χ0) is 11.5. The lowest BCUT2D eigenvalue weighted by Gasteiger charge is -2.08. The average molecular weight is 221 g/mol. The molecule has 1 N–H and O–H groups in total. The van der Waals surface area contributed by atoms with Crippen LogP contribution < -0.4 is 0 Å². The summed E-state index contributed by atoms with van der Waals surface area (Å²) >= 11 is 0. The third kappa shape index (κ3) is 1.87. The minimum Gasteiger partial charge on any atom is -0.469 e. The van der Waals surface area contributed by atoms with E-state index in [-0.39, 0.29) is 6.42 Å². The summed E-state index contributed by atoms with van der Waals surface area (Å²) < 4.78 is 6.17. The number of aliphatic hydroxyl groups excluding tert-OH is 1. The molecular weight excluding hydrogens is 210 g/mol. The fourth-order valence-corrected chi connectivity index (χ4v) is 1.45. The Labute approximate surface area is 91.5 Å². The maximum absolute atomic E-state index is 11.0. The van der Waals surface area contributed by atoms with Crippen LogP contribution in [0.15, 0.2) is 24.8 Å². The Morgan fingerprint density at radius 2 is 2.44 bits per heavy atom. The molecule has 2 rings (SSSR count). The van der Waals surface area contributed by atoms with Crippen LogP contribution in [0.5, 0.6) is 0 Å². The average Bonchev–Trinajstić information content (AvgIpc) is 2.72. The summed E-state index contributed by atoms with van der Waals surface area (Å²) in [6.07, 6.45) is 5.34. The zero-order valence-electron chi connectivity index (χ0n) is 8.70. The first-order chi connectivity index (χ1) is 7.72. The van der Waals surface area contributed by atoms with Crippen molar-refractivity contribution in [2.45, 2.75) is 12.5 Å². The third-order valence-electron chi connectivity index (χ3n) is 2.27. The number of carbonyl (C=O) groups is 1. The molecule has 2 aromatic rings. The molecule has 16 heavy (non-hydrogen) atoms. The zero-order valence-corrected chi connectivity index (χ0v) is 8.70. The van der Waals surface area contributed by atoms with Gasteiger partial charge in [-0.3, -0.25) is 14.2 Å². The van der Waals surface area contributed by atoms with Crippen LogP contribution in [0.2, 0.25) is 0 Å². The van der Waals surface area contributed by atoms with E-state index in [4.69, 9.17) is 0 Å². The second kappa shape index (κ2) is 4.28. The molecule has 1 atom stereocenters. The topological polar surface area (TPSA) is 76.7 Å². The number of ether oxygens (including phenoxy) is 1. The van der Waals surface area contributed by atoms with Gasteiger partial charge in [0.25, 0.3) is 0 Å². The van der Waals surface area contributed by atoms with E-state index in [0.29, 0.717) is 11.3 Å². The van der Waals surface area contributed by atoms with Gasteiger partial charge in [0.05, 0.1) is 31.6 Å². The number of imidazole rings is 1. The van der Waals surface area contributed by atoms with Gasteiger partial charge in [-0.1, -0.05) is 0 Å². The van der Waals surface area contributed by atoms with Gasteiger partial charge in [0.15, 0.2) is 5.65 Å². The summed E-state index contributed by atoms with van der Waals surface area (Å²) in [7, 11) is 1.29. The summed E-state index contributed by atoms with van der Waals surface area (Å²) in [5.74, 6) is -0.462. The molecule has 0 fully saturated rings. The van der Waals surface area contributed by atoms with Crippen molar-refractivity contribution in [2.75, 3.05) is 7.11 Å². The second-order valence-corrected chi connectivity index (χ2v) is 3.28. The Balaban J connectivity index is 2.29. The van der Waals surface area contributed by atoms with Crippen LogP contribution in [0.4, 0.5) is 0 Å². The van der Waals surface area contributed by atoms with Crippen molar-refractivity contribution >= 4 is 11.6 Å². The molecular formula is C10H11N3O3. The molecule has 0 aliphatic rings. The molecule has 6 heteroatoms. The van der Waals surface area contributed by atoms with Gasteiger partial charge in [-0.2, -0.15) is 0 Å². The van der Waals surface area contributed by atoms with Crippen molar-refractivity contribution < 1.29 is 14.6 Å². The van der Waals surface area contributed by atoms with Crippen LogP contribution in [-0.2, 0) is 9.53 Å². The van der Waals surface area contributed by atoms with Crippen molar-refractivity contribution in [3.05, 3.63) is 30.5 Å². The number of hydrogen-bond acceptors (Lipinski definition) is 5. The molecule has 0 bridgehead atoms. The molecule has 0 saturated heterocycles. The lowest BCUT2D eigenvalue weighted by Crippen LogP contribution is -2.09. The number of nitrogens with zero attached hydrogens (tertiary/aromatic N) is 3. The van der Waals surface area contributed by atoms with Crippen molar-refractivity contribution in [3.8, 4) is 0 Å². The molecule has 0 radical (unpaired) electrons. The standard InChI is InChI=1S/C10H11N3O3/c1-16-10(15)4-8(14)7-5-12-9-6-11-2-3-13(7)9/h2-3,5-6,8,14H,4H2,1H3. The Morgan fingerprint density at radius 3 is 3.19 bits per heavy atom. The summed E-state index contributed by atoms with van der Waals surface area (Å²) in [5, 5.41) is 9.83. The fourth-order valence-electron chi connectivity index (χ4n) is 1.45. The molecule has 0 amide bonds. The highest BCUT2D eigenvalue weighted by molar-refractivity contribution is 5.70. The highest BCUT2D eigenvalue weighted by Crippen LogP contribution is 2.17. The van der Waals surface area contributed by atoms with Gasteiger partial charge < -0.3 is 9.84 Å². The van der Waals surface area contributed by atoms with E-state index in [1.165, 1.54) is 13.3 Å². The van der Waals surface area contributed by atoms with Gasteiger partial charge in [-0.15, -0.1) is 0 Å². The van der Waals surface area contributed by atoms with Crippen LogP contribution in [0.3, 0.4) is 0 Å². The predicted molar refractivity (Wildman–Crippen MR) is 54.6 cm³/mol. The highest BCUT2D eigenvalue weighted by Gasteiger charge is 2.17. The molecule has 0 spiro atoms. The van der Waals surface area contributed by atoms with Crippen LogP contribution in [0.1, 0.15) is 18.2 Å². The van der Waals surface area contributed by atoms with Crippen LogP contribution in [0, 0.1) is 0 Å². The smallest absolute Gasteiger partial charge is 0.308 e. The van der Waals surface area contributed by atoms with Crippen molar-refractivity contribution in [1.82, 2.24) is 14.4 Å². The molecule has 6 nitrogen and oxygen atoms in total. The van der Waals surface area contributed by atoms with E-state index in [1.54, 1.807) is 23.0 Å². The maximum atomic E-state index is 11.0. The minimum absolute atomic E-state index is 0.0907. The van der Waals surface area contributed by atoms with E-state index >= 15 is 0 Å². The number of aromatic nitrogens is 3. The van der Waals surface area contributed by atoms with E-state index in [0.717, 1.165) is 0 Å². The molecule has 84 valence electrons. The van der Waals surface area contributed by atoms with Crippen LogP contribution in [-0.4, -0.2) is 32.6 Å². The molecule has 2 heterocycles. The number of aliphatic hydroxyl groups is 1. The van der Waals surface area contributed by atoms with Crippen molar-refractivity contribution in [2.24, 2.45) is 0 Å². The van der Waals surface area contributed by atoms with Gasteiger partial charge in [0.2, 0.25) is 0 Å². The van der Waals surface area contributed by atoms with Gasteiger partial charge in [0, 0.05) is 12.4 Å². The van der Waals surface area contributed by atoms with Gasteiger partial charge in [-0.25, -0.2) is 4.98 Å². The number of methoxy groups -OCH3 is 1. The summed E-state index contributed by atoms with van der Waals surface area (Å²) in [4.78, 5) is 19.0. The first kappa shape index (κ1) is 10.6. The molecule has 2 aromatic heterocycles. The van der Waals surface area contributed by atoms with E-state index in [1.807, 2.05) is 0 Å². The Bertz CT molecular complexity index is 509. The Hall–Kier alpha value is -1.95. The quantitative estimate of drug-likeness (QED) is 0.755. The minimum atomic E-state index is -0.926. The maximum Gasteiger partial charge on any atom is 0.308 e. The molecule has 0 aliphatic heterocycles. The fraction of sp³-hybridized carbons (Fsp3) is 0.300. The third-order valence-corrected chi connectivity index (χ3v) is 2.27. The van der Waals surface area contributed by atoms with E-state index in [2.05, 4.69) is 14.7 Å². The molecule has 0 saturated carbocycles. The largest absolute Gasteiger partial charge is 0.469 e. The number of rotatable bonds is 3.